The van der Waals surface area contributed by atoms with Crippen LogP contribution in [-0.2, 0) is 17.9 Å². The first-order valence-electron chi connectivity index (χ1n) is 10.8. The molecule has 1 atom stereocenters. The monoisotopic (exact) mass is 423 g/mol. The van der Waals surface area contributed by atoms with Crippen LogP contribution in [0.15, 0.2) is 30.3 Å². The summed E-state index contributed by atoms with van der Waals surface area (Å²) in [5.74, 6) is -0.847. The first-order chi connectivity index (χ1) is 14.8. The zero-order valence-corrected chi connectivity index (χ0v) is 18.3. The number of likely N-dealkylation sites (N-methyl/N-ethyl adjacent to an activating group) is 1. The summed E-state index contributed by atoms with van der Waals surface area (Å²) in [5, 5.41) is 10.3. The Bertz CT molecular complexity index is 1020. The average Bonchev–Trinajstić information content (AvgIpc) is 3.41. The van der Waals surface area contributed by atoms with Gasteiger partial charge in [0.2, 0.25) is 5.91 Å². The first-order valence-corrected chi connectivity index (χ1v) is 10.8. The van der Waals surface area contributed by atoms with Crippen molar-refractivity contribution < 1.29 is 14.4 Å². The average molecular weight is 424 g/mol. The van der Waals surface area contributed by atoms with Crippen molar-refractivity contribution >= 4 is 17.7 Å². The molecule has 2 aliphatic rings. The van der Waals surface area contributed by atoms with Gasteiger partial charge in [-0.05, 0) is 37.8 Å². The Morgan fingerprint density at radius 3 is 2.65 bits per heavy atom. The van der Waals surface area contributed by atoms with Crippen LogP contribution in [0.5, 0.6) is 0 Å². The number of nitrogens with one attached hydrogen (secondary N) is 2. The van der Waals surface area contributed by atoms with Crippen molar-refractivity contribution in [2.45, 2.75) is 64.2 Å². The van der Waals surface area contributed by atoms with Gasteiger partial charge in [-0.3, -0.25) is 19.1 Å². The number of hydrogen-bond donors (Lipinski definition) is 2. The molecular weight excluding hydrogens is 394 g/mol. The number of carbonyl (C=O) groups is 3. The summed E-state index contributed by atoms with van der Waals surface area (Å²) in [6, 6.07) is 9.49. The topological polar surface area (TPSA) is 96.3 Å². The van der Waals surface area contributed by atoms with Crippen LogP contribution >= 0.6 is 0 Å². The van der Waals surface area contributed by atoms with E-state index in [1.165, 1.54) is 15.6 Å². The molecule has 2 heterocycles. The summed E-state index contributed by atoms with van der Waals surface area (Å²) in [4.78, 5) is 40.2. The Morgan fingerprint density at radius 1 is 1.23 bits per heavy atom. The van der Waals surface area contributed by atoms with E-state index in [1.807, 2.05) is 31.2 Å². The number of benzene rings is 1. The van der Waals surface area contributed by atoms with Crippen LogP contribution in [0.2, 0.25) is 0 Å². The minimum absolute atomic E-state index is 0.162. The number of aryl methyl sites for hydroxylation is 1. The predicted octanol–water partition coefficient (Wildman–Crippen LogP) is 2.02. The number of carbonyl (C=O) groups excluding carboxylic acids is 3. The Balaban J connectivity index is 1.50. The third kappa shape index (κ3) is 3.94. The Morgan fingerprint density at radius 2 is 1.94 bits per heavy atom. The summed E-state index contributed by atoms with van der Waals surface area (Å²) in [6.07, 6.45) is 4.16. The summed E-state index contributed by atoms with van der Waals surface area (Å²) in [6.45, 7) is 4.32. The maximum Gasteiger partial charge on any atom is 0.272 e. The lowest BCUT2D eigenvalue weighted by Gasteiger charge is -2.41. The van der Waals surface area contributed by atoms with Crippen LogP contribution in [0, 0.1) is 6.92 Å². The number of fused-ring (bicyclic) bond motifs is 1. The van der Waals surface area contributed by atoms with Crippen LogP contribution < -0.4 is 10.6 Å². The summed E-state index contributed by atoms with van der Waals surface area (Å²) >= 11 is 0. The van der Waals surface area contributed by atoms with Crippen molar-refractivity contribution in [2.24, 2.45) is 0 Å². The molecule has 1 aliphatic carbocycles. The molecule has 31 heavy (non-hydrogen) atoms. The van der Waals surface area contributed by atoms with Gasteiger partial charge in [-0.15, -0.1) is 0 Å². The molecule has 0 saturated heterocycles. The molecule has 8 heteroatoms. The Hall–Kier alpha value is -3.16. The third-order valence-corrected chi connectivity index (χ3v) is 6.61. The van der Waals surface area contributed by atoms with E-state index in [0.29, 0.717) is 12.2 Å². The molecule has 2 aromatic rings. The SMILES string of the molecule is Cc1ccccc1CNC(=O)c1cc2n(n1)C[C@@](C)(C(=O)NC1CCCC1)N(C)C2=O. The summed E-state index contributed by atoms with van der Waals surface area (Å²) < 4.78 is 1.49. The minimum Gasteiger partial charge on any atom is -0.351 e. The van der Waals surface area contributed by atoms with E-state index < -0.39 is 5.54 Å². The van der Waals surface area contributed by atoms with Crippen molar-refractivity contribution in [2.75, 3.05) is 7.05 Å². The molecule has 1 saturated carbocycles. The van der Waals surface area contributed by atoms with E-state index in [-0.39, 0.29) is 36.0 Å². The van der Waals surface area contributed by atoms with Crippen molar-refractivity contribution in [3.8, 4) is 0 Å². The van der Waals surface area contributed by atoms with E-state index in [0.717, 1.165) is 36.8 Å². The molecule has 3 amide bonds. The molecule has 2 N–H and O–H groups in total. The van der Waals surface area contributed by atoms with Crippen LogP contribution in [0.1, 0.15) is 64.7 Å². The third-order valence-electron chi connectivity index (χ3n) is 6.61. The number of nitrogens with zero attached hydrogens (tertiary/aromatic N) is 3. The van der Waals surface area contributed by atoms with Gasteiger partial charge in [0.1, 0.15) is 11.2 Å². The quantitative estimate of drug-likeness (QED) is 0.769. The lowest BCUT2D eigenvalue weighted by atomic mass is 9.95. The van der Waals surface area contributed by atoms with E-state index in [4.69, 9.17) is 0 Å². The standard InChI is InChI=1S/C23H29N5O3/c1-15-8-4-5-9-16(15)13-24-20(29)18-12-19-21(30)27(3)23(2,14-28(19)26-18)22(31)25-17-10-6-7-11-17/h4-5,8-9,12,17H,6-7,10-11,13-14H2,1-3H3,(H,24,29)(H,25,31)/t23-/m0/s1. The summed E-state index contributed by atoms with van der Waals surface area (Å²) in [7, 11) is 1.63. The number of hydrogen-bond acceptors (Lipinski definition) is 4. The maximum absolute atomic E-state index is 13.0. The van der Waals surface area contributed by atoms with E-state index in [9.17, 15) is 14.4 Å². The Kier molecular flexibility index (Phi) is 5.56. The lowest BCUT2D eigenvalue weighted by molar-refractivity contribution is -0.133. The second-order valence-electron chi connectivity index (χ2n) is 8.77. The molecule has 164 valence electrons. The first kappa shape index (κ1) is 21.1. The van der Waals surface area contributed by atoms with Crippen LogP contribution in [0.4, 0.5) is 0 Å². The smallest absolute Gasteiger partial charge is 0.272 e. The van der Waals surface area contributed by atoms with Gasteiger partial charge in [0, 0.05) is 25.7 Å². The Labute approximate surface area is 182 Å². The fourth-order valence-corrected chi connectivity index (χ4v) is 4.32. The number of rotatable bonds is 5. The van der Waals surface area contributed by atoms with Gasteiger partial charge in [-0.25, -0.2) is 0 Å². The van der Waals surface area contributed by atoms with E-state index in [2.05, 4.69) is 15.7 Å². The fraction of sp³-hybridized carbons (Fsp3) is 0.478. The molecule has 8 nitrogen and oxygen atoms in total. The van der Waals surface area contributed by atoms with Gasteiger partial charge in [-0.1, -0.05) is 37.1 Å². The van der Waals surface area contributed by atoms with Gasteiger partial charge in [0.25, 0.3) is 11.8 Å². The number of amides is 3. The van der Waals surface area contributed by atoms with Crippen molar-refractivity contribution in [1.29, 1.82) is 0 Å². The summed E-state index contributed by atoms with van der Waals surface area (Å²) in [5.41, 5.74) is 1.54. The highest BCUT2D eigenvalue weighted by molar-refractivity contribution is 6.01. The molecule has 1 fully saturated rings. The fourth-order valence-electron chi connectivity index (χ4n) is 4.32. The van der Waals surface area contributed by atoms with Gasteiger partial charge < -0.3 is 15.5 Å². The predicted molar refractivity (Wildman–Crippen MR) is 115 cm³/mol. The lowest BCUT2D eigenvalue weighted by Crippen LogP contribution is -2.63. The van der Waals surface area contributed by atoms with Crippen molar-refractivity contribution in [1.82, 2.24) is 25.3 Å². The second kappa shape index (κ2) is 8.17. The highest BCUT2D eigenvalue weighted by Gasteiger charge is 2.46. The van der Waals surface area contributed by atoms with Crippen LogP contribution in [0.25, 0.3) is 0 Å². The van der Waals surface area contributed by atoms with Gasteiger partial charge >= 0.3 is 0 Å². The largest absolute Gasteiger partial charge is 0.351 e. The minimum atomic E-state index is -1.06. The normalized spacial score (nSPS) is 21.1. The second-order valence-corrected chi connectivity index (χ2v) is 8.77. The highest BCUT2D eigenvalue weighted by Crippen LogP contribution is 2.27. The van der Waals surface area contributed by atoms with Crippen LogP contribution in [-0.4, -0.2) is 51.0 Å². The zero-order valence-electron chi connectivity index (χ0n) is 18.3. The van der Waals surface area contributed by atoms with Gasteiger partial charge in [0.15, 0.2) is 5.69 Å². The molecule has 1 aliphatic heterocycles. The molecule has 4 rings (SSSR count). The van der Waals surface area contributed by atoms with Gasteiger partial charge in [-0.2, -0.15) is 5.10 Å². The molecule has 0 radical (unpaired) electrons. The van der Waals surface area contributed by atoms with E-state index >= 15 is 0 Å². The molecule has 1 aromatic carbocycles. The molecular formula is C23H29N5O3. The van der Waals surface area contributed by atoms with Crippen molar-refractivity contribution in [3.63, 3.8) is 0 Å². The van der Waals surface area contributed by atoms with Gasteiger partial charge in [0.05, 0.1) is 6.54 Å². The molecule has 0 unspecified atom stereocenters. The van der Waals surface area contributed by atoms with Crippen molar-refractivity contribution in [3.05, 3.63) is 52.8 Å². The molecule has 1 aromatic heterocycles. The zero-order chi connectivity index (χ0) is 22.2. The van der Waals surface area contributed by atoms with E-state index in [1.54, 1.807) is 14.0 Å². The van der Waals surface area contributed by atoms with Crippen LogP contribution in [0.3, 0.4) is 0 Å². The molecule has 0 bridgehead atoms. The molecule has 0 spiro atoms. The number of aromatic nitrogens is 2. The highest BCUT2D eigenvalue weighted by atomic mass is 16.2. The maximum atomic E-state index is 13.0.